The third-order valence-electron chi connectivity index (χ3n) is 5.57. The van der Waals surface area contributed by atoms with Crippen LogP contribution in [-0.4, -0.2) is 34.0 Å². The summed E-state index contributed by atoms with van der Waals surface area (Å²) in [6.07, 6.45) is 2.07. The standard InChI is InChI=1S/C23H21N3O2S/c1-15-9-11-26(12-10-15)23(27)17-14-18(19-8-5-13-29-19)24-22-20(17)21(25-28-22)16-6-3-2-4-7-16/h2-8,13-15H,9-12H2,1H3. The van der Waals surface area contributed by atoms with Crippen molar-refractivity contribution in [1.29, 1.82) is 0 Å². The lowest BCUT2D eigenvalue weighted by molar-refractivity contribution is 0.0699. The summed E-state index contributed by atoms with van der Waals surface area (Å²) in [7, 11) is 0. The van der Waals surface area contributed by atoms with Gasteiger partial charge in [-0.25, -0.2) is 4.98 Å². The Balaban J connectivity index is 1.68. The summed E-state index contributed by atoms with van der Waals surface area (Å²) in [5.41, 5.74) is 3.35. The Kier molecular flexibility index (Phi) is 4.64. The van der Waals surface area contributed by atoms with Crippen molar-refractivity contribution in [2.24, 2.45) is 5.92 Å². The van der Waals surface area contributed by atoms with Crippen molar-refractivity contribution in [1.82, 2.24) is 15.0 Å². The monoisotopic (exact) mass is 403 g/mol. The van der Waals surface area contributed by atoms with Gasteiger partial charge in [-0.2, -0.15) is 0 Å². The number of rotatable bonds is 3. The lowest BCUT2D eigenvalue weighted by atomic mass is 9.97. The lowest BCUT2D eigenvalue weighted by Gasteiger charge is -2.30. The molecule has 0 atom stereocenters. The summed E-state index contributed by atoms with van der Waals surface area (Å²) in [5.74, 6) is 0.691. The molecule has 0 N–H and O–H groups in total. The predicted octanol–water partition coefficient (Wildman–Crippen LogP) is 5.49. The molecule has 0 spiro atoms. The molecule has 1 amide bonds. The largest absolute Gasteiger partial charge is 0.339 e. The molecule has 1 fully saturated rings. The summed E-state index contributed by atoms with van der Waals surface area (Å²) >= 11 is 1.59. The van der Waals surface area contributed by atoms with Gasteiger partial charge in [-0.1, -0.05) is 48.5 Å². The van der Waals surface area contributed by atoms with Gasteiger partial charge < -0.3 is 9.42 Å². The smallest absolute Gasteiger partial charge is 0.259 e. The van der Waals surface area contributed by atoms with Gasteiger partial charge in [0.05, 0.1) is 21.5 Å². The van der Waals surface area contributed by atoms with Crippen LogP contribution in [-0.2, 0) is 0 Å². The molecule has 0 saturated carbocycles. The molecule has 0 radical (unpaired) electrons. The highest BCUT2D eigenvalue weighted by Gasteiger charge is 2.27. The Morgan fingerprint density at radius 1 is 1.14 bits per heavy atom. The molecule has 1 aliphatic rings. The van der Waals surface area contributed by atoms with Crippen LogP contribution in [0, 0.1) is 5.92 Å². The van der Waals surface area contributed by atoms with Gasteiger partial charge >= 0.3 is 0 Å². The molecule has 1 aromatic carbocycles. The van der Waals surface area contributed by atoms with E-state index in [1.807, 2.05) is 58.8 Å². The van der Waals surface area contributed by atoms with Crippen LogP contribution in [0.2, 0.25) is 0 Å². The SMILES string of the molecule is CC1CCN(C(=O)c2cc(-c3cccs3)nc3onc(-c4ccccc4)c23)CC1. The Labute approximate surface area is 173 Å². The van der Waals surface area contributed by atoms with Gasteiger partial charge in [0, 0.05) is 18.7 Å². The first-order valence-electron chi connectivity index (χ1n) is 9.89. The second-order valence-electron chi connectivity index (χ2n) is 7.58. The number of nitrogens with zero attached hydrogens (tertiary/aromatic N) is 3. The summed E-state index contributed by atoms with van der Waals surface area (Å²) in [5, 5.41) is 6.98. The minimum Gasteiger partial charge on any atom is -0.339 e. The van der Waals surface area contributed by atoms with Crippen molar-refractivity contribution in [3.05, 3.63) is 59.5 Å². The zero-order chi connectivity index (χ0) is 19.8. The van der Waals surface area contributed by atoms with Crippen LogP contribution in [0.1, 0.15) is 30.1 Å². The number of thiophene rings is 1. The van der Waals surface area contributed by atoms with Crippen molar-refractivity contribution >= 4 is 28.3 Å². The molecule has 3 aromatic heterocycles. The number of fused-ring (bicyclic) bond motifs is 1. The molecule has 4 aromatic rings. The molecular formula is C23H21N3O2S. The summed E-state index contributed by atoms with van der Waals surface area (Å²) in [4.78, 5) is 21.2. The Hall–Kier alpha value is -2.99. The number of amides is 1. The average molecular weight is 404 g/mol. The topological polar surface area (TPSA) is 59.2 Å². The van der Waals surface area contributed by atoms with Crippen molar-refractivity contribution in [3.8, 4) is 21.8 Å². The van der Waals surface area contributed by atoms with E-state index in [4.69, 9.17) is 4.52 Å². The number of hydrogen-bond donors (Lipinski definition) is 0. The molecular weight excluding hydrogens is 382 g/mol. The van der Waals surface area contributed by atoms with Gasteiger partial charge in [0.1, 0.15) is 5.69 Å². The van der Waals surface area contributed by atoms with E-state index in [0.29, 0.717) is 28.3 Å². The highest BCUT2D eigenvalue weighted by Crippen LogP contribution is 2.34. The number of hydrogen-bond acceptors (Lipinski definition) is 5. The Morgan fingerprint density at radius 2 is 1.93 bits per heavy atom. The van der Waals surface area contributed by atoms with Crippen LogP contribution in [0.3, 0.4) is 0 Å². The summed E-state index contributed by atoms with van der Waals surface area (Å²) in [6.45, 7) is 3.81. The normalized spacial score (nSPS) is 15.1. The van der Waals surface area contributed by atoms with E-state index in [1.165, 1.54) is 0 Å². The second kappa shape index (κ2) is 7.44. The number of likely N-dealkylation sites (tertiary alicyclic amines) is 1. The average Bonchev–Trinajstić information content (AvgIpc) is 3.44. The van der Waals surface area contributed by atoms with Gasteiger partial charge in [-0.15, -0.1) is 11.3 Å². The van der Waals surface area contributed by atoms with Crippen molar-refractivity contribution in [2.75, 3.05) is 13.1 Å². The first-order valence-corrected chi connectivity index (χ1v) is 10.8. The molecule has 146 valence electrons. The number of aromatic nitrogens is 2. The molecule has 5 nitrogen and oxygen atoms in total. The molecule has 29 heavy (non-hydrogen) atoms. The third kappa shape index (κ3) is 3.34. The number of piperidine rings is 1. The van der Waals surface area contributed by atoms with Gasteiger partial charge in [-0.05, 0) is 36.3 Å². The zero-order valence-electron chi connectivity index (χ0n) is 16.2. The highest BCUT2D eigenvalue weighted by molar-refractivity contribution is 7.13. The maximum Gasteiger partial charge on any atom is 0.259 e. The Morgan fingerprint density at radius 3 is 2.66 bits per heavy atom. The quantitative estimate of drug-likeness (QED) is 0.454. The van der Waals surface area contributed by atoms with E-state index in [2.05, 4.69) is 17.1 Å². The number of carbonyl (C=O) groups excluding carboxylic acids is 1. The van der Waals surface area contributed by atoms with E-state index in [9.17, 15) is 4.79 Å². The predicted molar refractivity (Wildman–Crippen MR) is 115 cm³/mol. The minimum absolute atomic E-state index is 0.0301. The lowest BCUT2D eigenvalue weighted by Crippen LogP contribution is -2.38. The van der Waals surface area contributed by atoms with Crippen molar-refractivity contribution in [3.63, 3.8) is 0 Å². The maximum atomic E-state index is 13.6. The van der Waals surface area contributed by atoms with Crippen LogP contribution in [0.4, 0.5) is 0 Å². The van der Waals surface area contributed by atoms with E-state index in [-0.39, 0.29) is 5.91 Å². The van der Waals surface area contributed by atoms with Gasteiger partial charge in [0.15, 0.2) is 0 Å². The first kappa shape index (κ1) is 18.1. The van der Waals surface area contributed by atoms with Gasteiger partial charge in [0.25, 0.3) is 11.6 Å². The van der Waals surface area contributed by atoms with Crippen LogP contribution in [0.5, 0.6) is 0 Å². The molecule has 1 aliphatic heterocycles. The summed E-state index contributed by atoms with van der Waals surface area (Å²) < 4.78 is 5.61. The zero-order valence-corrected chi connectivity index (χ0v) is 17.0. The van der Waals surface area contributed by atoms with Crippen LogP contribution in [0.25, 0.3) is 32.9 Å². The van der Waals surface area contributed by atoms with Crippen molar-refractivity contribution in [2.45, 2.75) is 19.8 Å². The van der Waals surface area contributed by atoms with Gasteiger partial charge in [0.2, 0.25) is 0 Å². The molecule has 6 heteroatoms. The number of pyridine rings is 1. The molecule has 5 rings (SSSR count). The fourth-order valence-electron chi connectivity index (χ4n) is 3.85. The number of carbonyl (C=O) groups is 1. The molecule has 1 saturated heterocycles. The fraction of sp³-hybridized carbons (Fsp3) is 0.261. The first-order chi connectivity index (χ1) is 14.2. The van der Waals surface area contributed by atoms with Crippen LogP contribution in [0.15, 0.2) is 58.4 Å². The second-order valence-corrected chi connectivity index (χ2v) is 8.53. The highest BCUT2D eigenvalue weighted by atomic mass is 32.1. The van der Waals surface area contributed by atoms with Gasteiger partial charge in [-0.3, -0.25) is 4.79 Å². The van der Waals surface area contributed by atoms with Crippen LogP contribution >= 0.6 is 11.3 Å². The minimum atomic E-state index is 0.0301. The fourth-order valence-corrected chi connectivity index (χ4v) is 4.53. The summed E-state index contributed by atoms with van der Waals surface area (Å²) in [6, 6.07) is 15.7. The van der Waals surface area contributed by atoms with Crippen molar-refractivity contribution < 1.29 is 9.32 Å². The van der Waals surface area contributed by atoms with E-state index >= 15 is 0 Å². The maximum absolute atomic E-state index is 13.6. The molecule has 0 aliphatic carbocycles. The molecule has 0 bridgehead atoms. The molecule has 0 unspecified atom stereocenters. The van der Waals surface area contributed by atoms with E-state index in [1.54, 1.807) is 11.3 Å². The van der Waals surface area contributed by atoms with Crippen LogP contribution < -0.4 is 0 Å². The van der Waals surface area contributed by atoms with E-state index < -0.39 is 0 Å². The number of benzene rings is 1. The van der Waals surface area contributed by atoms with E-state index in [0.717, 1.165) is 42.1 Å². The Bertz CT molecular complexity index is 1140. The third-order valence-corrected chi connectivity index (χ3v) is 6.46. The molecule has 4 heterocycles.